The number of aromatic nitrogens is 2. The van der Waals surface area contributed by atoms with Gasteiger partial charge in [0.05, 0.1) is 7.11 Å². The van der Waals surface area contributed by atoms with Gasteiger partial charge in [0.15, 0.2) is 0 Å². The highest BCUT2D eigenvalue weighted by Crippen LogP contribution is 2.23. The minimum atomic E-state index is -0.0483. The summed E-state index contributed by atoms with van der Waals surface area (Å²) in [6.07, 6.45) is 5.18. The lowest BCUT2D eigenvalue weighted by Gasteiger charge is -2.29. The maximum absolute atomic E-state index is 12.0. The van der Waals surface area contributed by atoms with Crippen molar-refractivity contribution in [1.82, 2.24) is 14.9 Å². The molecule has 1 saturated carbocycles. The monoisotopic (exact) mass is 279 g/mol. The predicted octanol–water partition coefficient (Wildman–Crippen LogP) is 1.73. The molecule has 2 atom stereocenters. The van der Waals surface area contributed by atoms with Gasteiger partial charge >= 0.3 is 0 Å². The summed E-state index contributed by atoms with van der Waals surface area (Å²) in [5.74, 6) is 0.721. The van der Waals surface area contributed by atoms with Gasteiger partial charge in [0, 0.05) is 30.9 Å². The molecule has 2 rings (SSSR count). The van der Waals surface area contributed by atoms with Crippen LogP contribution in [0, 0.1) is 12.8 Å². The third kappa shape index (κ3) is 3.60. The fraction of sp³-hybridized carbons (Fsp3) is 0.733. The van der Waals surface area contributed by atoms with E-state index in [1.54, 1.807) is 24.7 Å². The summed E-state index contributed by atoms with van der Waals surface area (Å²) >= 11 is 0. The molecule has 20 heavy (non-hydrogen) atoms. The van der Waals surface area contributed by atoms with Gasteiger partial charge in [0.2, 0.25) is 0 Å². The number of aryl methyl sites for hydroxylation is 1. The number of methoxy groups -OCH3 is 1. The average molecular weight is 279 g/mol. The van der Waals surface area contributed by atoms with Crippen LogP contribution in [-0.2, 0) is 6.54 Å². The zero-order valence-electron chi connectivity index (χ0n) is 12.7. The fourth-order valence-electron chi connectivity index (χ4n) is 2.94. The summed E-state index contributed by atoms with van der Waals surface area (Å²) in [6.45, 7) is 5.47. The van der Waals surface area contributed by atoms with Gasteiger partial charge in [-0.1, -0.05) is 19.8 Å². The normalized spacial score (nSPS) is 22.8. The first-order valence-corrected chi connectivity index (χ1v) is 7.47. The van der Waals surface area contributed by atoms with Crippen molar-refractivity contribution < 1.29 is 4.74 Å². The van der Waals surface area contributed by atoms with Crippen LogP contribution in [-0.4, -0.2) is 29.2 Å². The zero-order valence-corrected chi connectivity index (χ0v) is 12.7. The Kier molecular flexibility index (Phi) is 5.17. The van der Waals surface area contributed by atoms with Gasteiger partial charge in [-0.15, -0.1) is 0 Å². The van der Waals surface area contributed by atoms with Crippen molar-refractivity contribution in [2.24, 2.45) is 5.92 Å². The zero-order chi connectivity index (χ0) is 14.5. The summed E-state index contributed by atoms with van der Waals surface area (Å²) in [4.78, 5) is 16.2. The van der Waals surface area contributed by atoms with Crippen LogP contribution in [0.5, 0.6) is 6.01 Å². The van der Waals surface area contributed by atoms with E-state index < -0.39 is 0 Å². The van der Waals surface area contributed by atoms with Crippen LogP contribution in [0.3, 0.4) is 0 Å². The summed E-state index contributed by atoms with van der Waals surface area (Å²) in [5.41, 5.74) is 0.643. The van der Waals surface area contributed by atoms with Crippen LogP contribution >= 0.6 is 0 Å². The van der Waals surface area contributed by atoms with Gasteiger partial charge in [0.1, 0.15) is 0 Å². The lowest BCUT2D eigenvalue weighted by atomic mass is 9.86. The first kappa shape index (κ1) is 15.0. The highest BCUT2D eigenvalue weighted by Gasteiger charge is 2.20. The molecule has 0 saturated heterocycles. The first-order valence-electron chi connectivity index (χ1n) is 7.47. The highest BCUT2D eigenvalue weighted by molar-refractivity contribution is 5.06. The topological polar surface area (TPSA) is 56.1 Å². The standard InChI is InChI=1S/C15H25N3O2/c1-11-6-4-5-7-13(11)16-8-9-18-14(19)10-12(2)17-15(18)20-3/h10-11,13,16H,4-9H2,1-3H3. The van der Waals surface area contributed by atoms with Gasteiger partial charge in [-0.25, -0.2) is 4.98 Å². The summed E-state index contributed by atoms with van der Waals surface area (Å²) in [7, 11) is 1.55. The second-order valence-corrected chi connectivity index (χ2v) is 5.70. The maximum Gasteiger partial charge on any atom is 0.299 e. The minimum absolute atomic E-state index is 0.0483. The molecule has 112 valence electrons. The molecule has 1 aromatic heterocycles. The van der Waals surface area contributed by atoms with Gasteiger partial charge in [0.25, 0.3) is 11.6 Å². The van der Waals surface area contributed by atoms with E-state index >= 15 is 0 Å². The molecule has 2 unspecified atom stereocenters. The first-order chi connectivity index (χ1) is 9.61. The number of hydrogen-bond donors (Lipinski definition) is 1. The average Bonchev–Trinajstić information content (AvgIpc) is 2.42. The van der Waals surface area contributed by atoms with Crippen molar-refractivity contribution in [3.63, 3.8) is 0 Å². The largest absolute Gasteiger partial charge is 0.468 e. The molecule has 0 aromatic carbocycles. The molecule has 5 nitrogen and oxygen atoms in total. The molecular weight excluding hydrogens is 254 g/mol. The van der Waals surface area contributed by atoms with Gasteiger partial charge < -0.3 is 10.1 Å². The lowest BCUT2D eigenvalue weighted by molar-refractivity contribution is 0.274. The van der Waals surface area contributed by atoms with Crippen LogP contribution < -0.4 is 15.6 Å². The molecule has 1 aromatic rings. The van der Waals surface area contributed by atoms with Crippen molar-refractivity contribution in [2.75, 3.05) is 13.7 Å². The van der Waals surface area contributed by atoms with Gasteiger partial charge in [-0.2, -0.15) is 0 Å². The second kappa shape index (κ2) is 6.88. The van der Waals surface area contributed by atoms with E-state index in [0.29, 0.717) is 24.3 Å². The molecule has 1 N–H and O–H groups in total. The Bertz CT molecular complexity index is 498. The van der Waals surface area contributed by atoms with Crippen molar-refractivity contribution in [3.05, 3.63) is 22.1 Å². The molecular formula is C15H25N3O2. The van der Waals surface area contributed by atoms with E-state index in [4.69, 9.17) is 4.74 Å². The van der Waals surface area contributed by atoms with E-state index in [2.05, 4.69) is 17.2 Å². The van der Waals surface area contributed by atoms with Gasteiger partial charge in [-0.3, -0.25) is 9.36 Å². The van der Waals surface area contributed by atoms with Crippen LogP contribution in [0.15, 0.2) is 10.9 Å². The molecule has 0 amide bonds. The van der Waals surface area contributed by atoms with E-state index in [1.165, 1.54) is 25.7 Å². The Labute approximate surface area is 120 Å². The third-order valence-electron chi connectivity index (χ3n) is 4.14. The van der Waals surface area contributed by atoms with Crippen molar-refractivity contribution in [2.45, 2.75) is 52.1 Å². The Morgan fingerprint density at radius 3 is 2.90 bits per heavy atom. The third-order valence-corrected chi connectivity index (χ3v) is 4.14. The van der Waals surface area contributed by atoms with Crippen LogP contribution in [0.25, 0.3) is 0 Å². The van der Waals surface area contributed by atoms with E-state index in [1.807, 2.05) is 0 Å². The van der Waals surface area contributed by atoms with E-state index in [0.717, 1.165) is 12.5 Å². The molecule has 1 aliphatic carbocycles. The lowest BCUT2D eigenvalue weighted by Crippen LogP contribution is -2.40. The Balaban J connectivity index is 1.95. The number of ether oxygens (including phenoxy) is 1. The molecule has 0 bridgehead atoms. The molecule has 1 heterocycles. The molecule has 0 radical (unpaired) electrons. The fourth-order valence-corrected chi connectivity index (χ4v) is 2.94. The molecule has 0 aliphatic heterocycles. The summed E-state index contributed by atoms with van der Waals surface area (Å²) in [5, 5.41) is 3.57. The number of rotatable bonds is 5. The summed E-state index contributed by atoms with van der Waals surface area (Å²) in [6, 6.07) is 2.52. The Morgan fingerprint density at radius 2 is 2.20 bits per heavy atom. The maximum atomic E-state index is 12.0. The molecule has 1 aliphatic rings. The number of nitrogens with zero attached hydrogens (tertiary/aromatic N) is 2. The summed E-state index contributed by atoms with van der Waals surface area (Å²) < 4.78 is 6.79. The molecule has 0 spiro atoms. The molecule has 5 heteroatoms. The van der Waals surface area contributed by atoms with Crippen LogP contribution in [0.1, 0.15) is 38.3 Å². The van der Waals surface area contributed by atoms with Crippen molar-refractivity contribution in [3.8, 4) is 6.01 Å². The smallest absolute Gasteiger partial charge is 0.299 e. The predicted molar refractivity (Wildman–Crippen MR) is 79.2 cm³/mol. The Morgan fingerprint density at radius 1 is 1.45 bits per heavy atom. The highest BCUT2D eigenvalue weighted by atomic mass is 16.5. The van der Waals surface area contributed by atoms with E-state index in [-0.39, 0.29) is 5.56 Å². The second-order valence-electron chi connectivity index (χ2n) is 5.70. The molecule has 1 fully saturated rings. The van der Waals surface area contributed by atoms with Crippen molar-refractivity contribution >= 4 is 0 Å². The SMILES string of the molecule is COc1nc(C)cc(=O)n1CCNC1CCCCC1C. The number of nitrogens with one attached hydrogen (secondary N) is 1. The van der Waals surface area contributed by atoms with Crippen molar-refractivity contribution in [1.29, 1.82) is 0 Å². The Hall–Kier alpha value is -1.36. The minimum Gasteiger partial charge on any atom is -0.468 e. The quantitative estimate of drug-likeness (QED) is 0.892. The van der Waals surface area contributed by atoms with Gasteiger partial charge in [-0.05, 0) is 25.7 Å². The number of hydrogen-bond acceptors (Lipinski definition) is 4. The van der Waals surface area contributed by atoms with Crippen LogP contribution in [0.4, 0.5) is 0 Å². The van der Waals surface area contributed by atoms with Crippen LogP contribution in [0.2, 0.25) is 0 Å². The van der Waals surface area contributed by atoms with E-state index in [9.17, 15) is 4.79 Å².